The summed E-state index contributed by atoms with van der Waals surface area (Å²) < 4.78 is 34.7. The van der Waals surface area contributed by atoms with E-state index in [1.807, 2.05) is 55.5 Å². The lowest BCUT2D eigenvalue weighted by atomic mass is 10.2. The minimum Gasteiger partial charge on any atom is -0.457 e. The second kappa shape index (κ2) is 12.4. The fourth-order valence-corrected chi connectivity index (χ4v) is 6.09. The SMILES string of the molecule is Cc1ccc(S(=O)(=O)N(CC(=O)N2CCN(Cc3ccccc3)CC2)c2ccc(Oc3ccccc3)cc2)cc1. The summed E-state index contributed by atoms with van der Waals surface area (Å²) in [6, 6.07) is 33.1. The summed E-state index contributed by atoms with van der Waals surface area (Å²) in [7, 11) is -3.99. The number of rotatable bonds is 9. The Morgan fingerprint density at radius 3 is 1.95 bits per heavy atom. The molecule has 4 aromatic rings. The van der Waals surface area contributed by atoms with Crippen LogP contribution in [0.25, 0.3) is 0 Å². The average Bonchev–Trinajstić information content (AvgIpc) is 2.98. The molecule has 206 valence electrons. The number of hydrogen-bond acceptors (Lipinski definition) is 5. The Labute approximate surface area is 236 Å². The van der Waals surface area contributed by atoms with Gasteiger partial charge in [-0.3, -0.25) is 14.0 Å². The summed E-state index contributed by atoms with van der Waals surface area (Å²) in [6.45, 7) is 5.01. The highest BCUT2D eigenvalue weighted by atomic mass is 32.2. The fraction of sp³-hybridized carbons (Fsp3) is 0.219. The molecule has 1 aliphatic heterocycles. The van der Waals surface area contributed by atoms with Gasteiger partial charge in [-0.1, -0.05) is 66.2 Å². The summed E-state index contributed by atoms with van der Waals surface area (Å²) in [5, 5.41) is 0. The normalized spacial score (nSPS) is 14.1. The number of carbonyl (C=O) groups excluding carboxylic acids is 1. The highest BCUT2D eigenvalue weighted by Gasteiger charge is 2.30. The lowest BCUT2D eigenvalue weighted by Crippen LogP contribution is -2.51. The maximum absolute atomic E-state index is 13.8. The summed E-state index contributed by atoms with van der Waals surface area (Å²) in [5.41, 5.74) is 2.59. The van der Waals surface area contributed by atoms with E-state index in [1.54, 1.807) is 53.4 Å². The molecule has 0 bridgehead atoms. The standard InChI is InChI=1S/C32H33N3O4S/c1-26-12-18-31(19-13-26)40(37,38)35(28-14-16-30(17-15-28)39-29-10-6-3-7-11-29)25-32(36)34-22-20-33(21-23-34)24-27-8-4-2-5-9-27/h2-19H,20-25H2,1H3. The molecule has 5 rings (SSSR count). The van der Waals surface area contributed by atoms with Gasteiger partial charge in [0.25, 0.3) is 10.0 Å². The molecular formula is C32H33N3O4S. The number of aryl methyl sites for hydroxylation is 1. The molecule has 0 aromatic heterocycles. The van der Waals surface area contributed by atoms with Gasteiger partial charge in [0.15, 0.2) is 0 Å². The van der Waals surface area contributed by atoms with Crippen LogP contribution in [0.15, 0.2) is 114 Å². The molecule has 1 aliphatic rings. The van der Waals surface area contributed by atoms with Gasteiger partial charge in [-0.05, 0) is 61.0 Å². The van der Waals surface area contributed by atoms with Crippen LogP contribution in [0.3, 0.4) is 0 Å². The molecule has 4 aromatic carbocycles. The zero-order valence-corrected chi connectivity index (χ0v) is 23.3. The van der Waals surface area contributed by atoms with Gasteiger partial charge < -0.3 is 9.64 Å². The van der Waals surface area contributed by atoms with E-state index in [4.69, 9.17) is 4.74 Å². The van der Waals surface area contributed by atoms with Crippen molar-refractivity contribution in [3.05, 3.63) is 120 Å². The first kappa shape index (κ1) is 27.4. The van der Waals surface area contributed by atoms with Crippen molar-refractivity contribution >= 4 is 21.6 Å². The molecule has 0 saturated carbocycles. The van der Waals surface area contributed by atoms with Crippen molar-refractivity contribution in [1.82, 2.24) is 9.80 Å². The van der Waals surface area contributed by atoms with Gasteiger partial charge in [-0.25, -0.2) is 8.42 Å². The molecule has 1 saturated heterocycles. The predicted octanol–water partition coefficient (Wildman–Crippen LogP) is 5.33. The first-order valence-corrected chi connectivity index (χ1v) is 14.8. The molecule has 40 heavy (non-hydrogen) atoms. The molecular weight excluding hydrogens is 522 g/mol. The molecule has 0 unspecified atom stereocenters. The van der Waals surface area contributed by atoms with Crippen LogP contribution >= 0.6 is 0 Å². The van der Waals surface area contributed by atoms with Crippen molar-refractivity contribution in [3.63, 3.8) is 0 Å². The second-order valence-corrected chi connectivity index (χ2v) is 11.7. The Hall–Kier alpha value is -4.14. The number of amides is 1. The third-order valence-electron chi connectivity index (χ3n) is 6.97. The number of piperazine rings is 1. The van der Waals surface area contributed by atoms with E-state index < -0.39 is 10.0 Å². The van der Waals surface area contributed by atoms with Crippen LogP contribution in [0.4, 0.5) is 5.69 Å². The molecule has 0 atom stereocenters. The molecule has 0 spiro atoms. The minimum absolute atomic E-state index is 0.142. The Morgan fingerprint density at radius 2 is 1.32 bits per heavy atom. The number of carbonyl (C=O) groups is 1. The quantitative estimate of drug-likeness (QED) is 0.279. The van der Waals surface area contributed by atoms with Crippen LogP contribution in [0.2, 0.25) is 0 Å². The van der Waals surface area contributed by atoms with E-state index in [9.17, 15) is 13.2 Å². The topological polar surface area (TPSA) is 70.2 Å². The molecule has 1 fully saturated rings. The number of benzene rings is 4. The van der Waals surface area contributed by atoms with Gasteiger partial charge in [-0.15, -0.1) is 0 Å². The monoisotopic (exact) mass is 555 g/mol. The number of ether oxygens (including phenoxy) is 1. The molecule has 0 aliphatic carbocycles. The van der Waals surface area contributed by atoms with Crippen molar-refractivity contribution in [2.45, 2.75) is 18.4 Å². The van der Waals surface area contributed by atoms with E-state index >= 15 is 0 Å². The van der Waals surface area contributed by atoms with Crippen LogP contribution in [0.1, 0.15) is 11.1 Å². The van der Waals surface area contributed by atoms with Crippen LogP contribution < -0.4 is 9.04 Å². The van der Waals surface area contributed by atoms with Gasteiger partial charge >= 0.3 is 0 Å². The zero-order chi connectivity index (χ0) is 28.0. The first-order chi connectivity index (χ1) is 19.4. The highest BCUT2D eigenvalue weighted by Crippen LogP contribution is 2.28. The third kappa shape index (κ3) is 6.70. The van der Waals surface area contributed by atoms with Crippen LogP contribution in [0.5, 0.6) is 11.5 Å². The van der Waals surface area contributed by atoms with Crippen molar-refractivity contribution in [3.8, 4) is 11.5 Å². The Kier molecular flexibility index (Phi) is 8.48. The van der Waals surface area contributed by atoms with E-state index in [2.05, 4.69) is 17.0 Å². The summed E-state index contributed by atoms with van der Waals surface area (Å²) in [5.74, 6) is 1.03. The molecule has 7 nitrogen and oxygen atoms in total. The Balaban J connectivity index is 1.32. The van der Waals surface area contributed by atoms with Gasteiger partial charge in [0.2, 0.25) is 5.91 Å². The second-order valence-electron chi connectivity index (χ2n) is 9.88. The average molecular weight is 556 g/mol. The maximum atomic E-state index is 13.8. The molecule has 1 heterocycles. The van der Waals surface area contributed by atoms with E-state index in [-0.39, 0.29) is 17.3 Å². The highest BCUT2D eigenvalue weighted by molar-refractivity contribution is 7.92. The summed E-state index contributed by atoms with van der Waals surface area (Å²) >= 11 is 0. The lowest BCUT2D eigenvalue weighted by molar-refractivity contribution is -0.131. The van der Waals surface area contributed by atoms with Crippen molar-refractivity contribution < 1.29 is 17.9 Å². The number of nitrogens with zero attached hydrogens (tertiary/aromatic N) is 3. The molecule has 1 amide bonds. The van der Waals surface area contributed by atoms with Crippen LogP contribution in [-0.4, -0.2) is 56.8 Å². The summed E-state index contributed by atoms with van der Waals surface area (Å²) in [6.07, 6.45) is 0. The number of anilines is 1. The van der Waals surface area contributed by atoms with Crippen molar-refractivity contribution in [2.24, 2.45) is 0 Å². The minimum atomic E-state index is -3.99. The Morgan fingerprint density at radius 1 is 0.750 bits per heavy atom. The summed E-state index contributed by atoms with van der Waals surface area (Å²) in [4.78, 5) is 17.7. The van der Waals surface area contributed by atoms with Gasteiger partial charge in [-0.2, -0.15) is 0 Å². The predicted molar refractivity (Wildman–Crippen MR) is 157 cm³/mol. The van der Waals surface area contributed by atoms with Gasteiger partial charge in [0, 0.05) is 32.7 Å². The van der Waals surface area contributed by atoms with Crippen molar-refractivity contribution in [1.29, 1.82) is 0 Å². The van der Waals surface area contributed by atoms with Gasteiger partial charge in [0.1, 0.15) is 18.0 Å². The lowest BCUT2D eigenvalue weighted by Gasteiger charge is -2.36. The van der Waals surface area contributed by atoms with Crippen LogP contribution in [0, 0.1) is 6.92 Å². The smallest absolute Gasteiger partial charge is 0.264 e. The van der Waals surface area contributed by atoms with Crippen molar-refractivity contribution in [2.75, 3.05) is 37.0 Å². The van der Waals surface area contributed by atoms with E-state index in [1.165, 1.54) is 9.87 Å². The fourth-order valence-electron chi connectivity index (χ4n) is 4.68. The molecule has 0 N–H and O–H groups in total. The van der Waals surface area contributed by atoms with E-state index in [0.717, 1.165) is 25.2 Å². The Bertz CT molecular complexity index is 1500. The molecule has 8 heteroatoms. The first-order valence-electron chi connectivity index (χ1n) is 13.3. The zero-order valence-electron chi connectivity index (χ0n) is 22.5. The third-order valence-corrected chi connectivity index (χ3v) is 8.75. The van der Waals surface area contributed by atoms with E-state index in [0.29, 0.717) is 30.3 Å². The number of para-hydroxylation sites is 1. The number of sulfonamides is 1. The number of hydrogen-bond donors (Lipinski definition) is 0. The van der Waals surface area contributed by atoms with Gasteiger partial charge in [0.05, 0.1) is 10.6 Å². The van der Waals surface area contributed by atoms with Crippen LogP contribution in [-0.2, 0) is 21.4 Å². The maximum Gasteiger partial charge on any atom is 0.264 e. The largest absolute Gasteiger partial charge is 0.457 e. The molecule has 0 radical (unpaired) electrons.